The van der Waals surface area contributed by atoms with Gasteiger partial charge in [-0.1, -0.05) is 50.2 Å². The van der Waals surface area contributed by atoms with Crippen LogP contribution in [0.1, 0.15) is 37.0 Å². The van der Waals surface area contributed by atoms with Crippen LogP contribution in [0.3, 0.4) is 0 Å². The number of hydrogen-bond acceptors (Lipinski definition) is 5. The zero-order valence-corrected chi connectivity index (χ0v) is 24.1. The quantitative estimate of drug-likeness (QED) is 0.273. The molecule has 1 atom stereocenters. The molecule has 0 radical (unpaired) electrons. The molecule has 0 aliphatic carbocycles. The third-order valence-electron chi connectivity index (χ3n) is 7.25. The van der Waals surface area contributed by atoms with Crippen molar-refractivity contribution >= 4 is 27.3 Å². The summed E-state index contributed by atoms with van der Waals surface area (Å²) in [5.74, 6) is 0.358. The maximum absolute atomic E-state index is 14.3. The molecule has 4 rings (SSSR count). The summed E-state index contributed by atoms with van der Waals surface area (Å²) in [6, 6.07) is 14.5. The molecule has 0 amide bonds. The topological polar surface area (TPSA) is 76.1 Å². The molecule has 9 heteroatoms. The Hall–Kier alpha value is -3.23. The number of aliphatic hydroxyl groups is 1. The third-order valence-corrected chi connectivity index (χ3v) is 9.38. The standard InChI is InChI=1S/C30H33ClFNO5S/c1-19-9-12-24(15-29(19)37-5)39(35,36)33-17-21(16-30(3,4)20(2)34)13-22-10-11-23(14-28(22)33)38-18-25-26(31)7-6-8-27(25)32/h6-12,14-15,21,34H,2,13,16-18H2,1,3-5H3/t21-/m0/s1. The highest BCUT2D eigenvalue weighted by Crippen LogP contribution is 2.42. The van der Waals surface area contributed by atoms with Crippen LogP contribution in [0.25, 0.3) is 0 Å². The van der Waals surface area contributed by atoms with E-state index in [1.54, 1.807) is 30.3 Å². The van der Waals surface area contributed by atoms with Gasteiger partial charge >= 0.3 is 0 Å². The number of sulfonamides is 1. The number of allylic oxidation sites excluding steroid dienone is 1. The summed E-state index contributed by atoms with van der Waals surface area (Å²) in [7, 11) is -2.50. The minimum Gasteiger partial charge on any atom is -0.512 e. The lowest BCUT2D eigenvalue weighted by Crippen LogP contribution is -2.41. The van der Waals surface area contributed by atoms with Gasteiger partial charge in [0, 0.05) is 29.7 Å². The molecule has 0 unspecified atom stereocenters. The first-order chi connectivity index (χ1) is 18.3. The number of anilines is 1. The van der Waals surface area contributed by atoms with Crippen LogP contribution >= 0.6 is 11.6 Å². The number of benzene rings is 3. The van der Waals surface area contributed by atoms with Gasteiger partial charge in [-0.15, -0.1) is 0 Å². The molecule has 1 aliphatic rings. The Morgan fingerprint density at radius 3 is 2.62 bits per heavy atom. The second kappa shape index (κ2) is 11.1. The SMILES string of the molecule is C=C(O)C(C)(C)C[C@@H]1Cc2ccc(OCc3c(F)cccc3Cl)cc2N(S(=O)(=O)c2ccc(C)c(OC)c2)C1. The first kappa shape index (κ1) is 28.8. The Labute approximate surface area is 234 Å². The molecule has 1 heterocycles. The summed E-state index contributed by atoms with van der Waals surface area (Å²) in [4.78, 5) is 0.104. The zero-order valence-electron chi connectivity index (χ0n) is 22.5. The van der Waals surface area contributed by atoms with Gasteiger partial charge in [-0.25, -0.2) is 12.8 Å². The summed E-state index contributed by atoms with van der Waals surface area (Å²) in [5.41, 5.74) is 1.76. The van der Waals surface area contributed by atoms with Gasteiger partial charge in [-0.2, -0.15) is 0 Å². The van der Waals surface area contributed by atoms with E-state index in [0.717, 1.165) is 11.1 Å². The van der Waals surface area contributed by atoms with E-state index < -0.39 is 21.3 Å². The number of halogens is 2. The van der Waals surface area contributed by atoms with Crippen LogP contribution in [-0.2, 0) is 23.1 Å². The van der Waals surface area contributed by atoms with Crippen LogP contribution in [-0.4, -0.2) is 27.2 Å². The molecule has 3 aromatic rings. The fourth-order valence-corrected chi connectivity index (χ4v) is 6.67. The third kappa shape index (κ3) is 6.02. The Morgan fingerprint density at radius 2 is 1.95 bits per heavy atom. The second-order valence-electron chi connectivity index (χ2n) is 10.6. The highest BCUT2D eigenvalue weighted by Gasteiger charge is 2.37. The van der Waals surface area contributed by atoms with E-state index in [0.29, 0.717) is 30.0 Å². The van der Waals surface area contributed by atoms with Crippen molar-refractivity contribution in [1.29, 1.82) is 0 Å². The van der Waals surface area contributed by atoms with E-state index in [-0.39, 0.29) is 40.3 Å². The van der Waals surface area contributed by atoms with Crippen molar-refractivity contribution in [1.82, 2.24) is 0 Å². The molecule has 1 N–H and O–H groups in total. The highest BCUT2D eigenvalue weighted by molar-refractivity contribution is 7.92. The van der Waals surface area contributed by atoms with Crippen molar-refractivity contribution in [3.05, 3.63) is 94.5 Å². The number of ether oxygens (including phenoxy) is 2. The van der Waals surface area contributed by atoms with Gasteiger partial charge in [0.1, 0.15) is 23.9 Å². The Balaban J connectivity index is 1.73. The Bertz CT molecular complexity index is 1480. The van der Waals surface area contributed by atoms with E-state index in [9.17, 15) is 17.9 Å². The normalized spacial score (nSPS) is 15.5. The highest BCUT2D eigenvalue weighted by atomic mass is 35.5. The summed E-state index contributed by atoms with van der Waals surface area (Å²) in [6.45, 7) is 9.42. The summed E-state index contributed by atoms with van der Waals surface area (Å²) >= 11 is 6.15. The minimum atomic E-state index is -4.00. The first-order valence-electron chi connectivity index (χ1n) is 12.6. The molecular weight excluding hydrogens is 541 g/mol. The van der Waals surface area contributed by atoms with E-state index in [1.807, 2.05) is 26.8 Å². The number of fused-ring (bicyclic) bond motifs is 1. The minimum absolute atomic E-state index is 0.0570. The first-order valence-corrected chi connectivity index (χ1v) is 14.4. The fourth-order valence-electron chi connectivity index (χ4n) is 4.86. The lowest BCUT2D eigenvalue weighted by atomic mass is 9.78. The van der Waals surface area contributed by atoms with Crippen LogP contribution in [0, 0.1) is 24.1 Å². The predicted octanol–water partition coefficient (Wildman–Crippen LogP) is 7.23. The van der Waals surface area contributed by atoms with Crippen LogP contribution in [0.15, 0.2) is 71.8 Å². The van der Waals surface area contributed by atoms with Gasteiger partial charge in [0.05, 0.1) is 28.5 Å². The van der Waals surface area contributed by atoms with Crippen molar-refractivity contribution in [3.8, 4) is 11.5 Å². The molecule has 0 fully saturated rings. The predicted molar refractivity (Wildman–Crippen MR) is 152 cm³/mol. The fraction of sp³-hybridized carbons (Fsp3) is 0.333. The molecule has 0 spiro atoms. The van der Waals surface area contributed by atoms with E-state index in [2.05, 4.69) is 6.58 Å². The van der Waals surface area contributed by atoms with Crippen molar-refractivity contribution < 1.29 is 27.4 Å². The van der Waals surface area contributed by atoms with Crippen molar-refractivity contribution in [2.45, 2.75) is 45.1 Å². The number of aliphatic hydroxyl groups excluding tert-OH is 1. The van der Waals surface area contributed by atoms with Gasteiger partial charge in [-0.05, 0) is 61.1 Å². The lowest BCUT2D eigenvalue weighted by molar-refractivity contribution is 0.213. The molecule has 0 saturated carbocycles. The van der Waals surface area contributed by atoms with Crippen LogP contribution in [0.2, 0.25) is 5.02 Å². The summed E-state index contributed by atoms with van der Waals surface area (Å²) < 4.78 is 55.0. The average Bonchev–Trinajstić information content (AvgIpc) is 2.87. The number of aryl methyl sites for hydroxylation is 1. The monoisotopic (exact) mass is 573 g/mol. The van der Waals surface area contributed by atoms with Crippen LogP contribution < -0.4 is 13.8 Å². The van der Waals surface area contributed by atoms with Gasteiger partial charge in [-0.3, -0.25) is 4.31 Å². The van der Waals surface area contributed by atoms with Gasteiger partial charge in [0.15, 0.2) is 0 Å². The van der Waals surface area contributed by atoms with Gasteiger partial charge in [0.2, 0.25) is 0 Å². The van der Waals surface area contributed by atoms with Crippen molar-refractivity contribution in [3.63, 3.8) is 0 Å². The molecule has 208 valence electrons. The summed E-state index contributed by atoms with van der Waals surface area (Å²) in [5, 5.41) is 10.4. The molecule has 39 heavy (non-hydrogen) atoms. The van der Waals surface area contributed by atoms with Crippen LogP contribution in [0.5, 0.6) is 11.5 Å². The molecule has 6 nitrogen and oxygen atoms in total. The van der Waals surface area contributed by atoms with Crippen molar-refractivity contribution in [2.24, 2.45) is 11.3 Å². The van der Waals surface area contributed by atoms with Crippen molar-refractivity contribution in [2.75, 3.05) is 18.0 Å². The molecule has 0 saturated heterocycles. The molecule has 0 bridgehead atoms. The Morgan fingerprint density at radius 1 is 1.21 bits per heavy atom. The van der Waals surface area contributed by atoms with E-state index in [4.69, 9.17) is 21.1 Å². The Kier molecular flexibility index (Phi) is 8.19. The number of rotatable bonds is 9. The maximum atomic E-state index is 14.3. The number of hydrogen-bond donors (Lipinski definition) is 1. The van der Waals surface area contributed by atoms with Crippen LogP contribution in [0.4, 0.5) is 10.1 Å². The molecule has 1 aliphatic heterocycles. The zero-order chi connectivity index (χ0) is 28.5. The maximum Gasteiger partial charge on any atom is 0.264 e. The van der Waals surface area contributed by atoms with E-state index >= 15 is 0 Å². The van der Waals surface area contributed by atoms with E-state index in [1.165, 1.54) is 29.6 Å². The van der Waals surface area contributed by atoms with Gasteiger partial charge in [0.25, 0.3) is 10.0 Å². The summed E-state index contributed by atoms with van der Waals surface area (Å²) in [6.07, 6.45) is 1.14. The second-order valence-corrected chi connectivity index (χ2v) is 12.8. The average molecular weight is 574 g/mol. The number of nitrogens with zero attached hydrogens (tertiary/aromatic N) is 1. The molecule has 3 aromatic carbocycles. The molecule has 0 aromatic heterocycles. The lowest BCUT2D eigenvalue weighted by Gasteiger charge is -2.38. The molecular formula is C30H33ClFNO5S. The number of methoxy groups -OCH3 is 1. The smallest absolute Gasteiger partial charge is 0.264 e. The van der Waals surface area contributed by atoms with Gasteiger partial charge < -0.3 is 14.6 Å². The largest absolute Gasteiger partial charge is 0.512 e.